The highest BCUT2D eigenvalue weighted by Crippen LogP contribution is 2.39. The van der Waals surface area contributed by atoms with E-state index in [1.807, 2.05) is 62.4 Å². The van der Waals surface area contributed by atoms with Gasteiger partial charge in [0.15, 0.2) is 9.84 Å². The van der Waals surface area contributed by atoms with E-state index in [4.69, 9.17) is 21.1 Å². The van der Waals surface area contributed by atoms with Crippen LogP contribution in [0.25, 0.3) is 23.1 Å². The number of pyridine rings is 1. The molecule has 1 aliphatic rings. The molecule has 1 fully saturated rings. The Morgan fingerprint density at radius 3 is 2.45 bits per heavy atom. The summed E-state index contributed by atoms with van der Waals surface area (Å²) in [5, 5.41) is 11.2. The second-order valence-corrected chi connectivity index (χ2v) is 13.0. The number of nitrogens with zero attached hydrogens (tertiary/aromatic N) is 1. The summed E-state index contributed by atoms with van der Waals surface area (Å²) in [6, 6.07) is 22.2. The lowest BCUT2D eigenvalue weighted by molar-refractivity contribution is -0.295. The number of rotatable bonds is 7. The number of carboxylic acid groups (broad SMARTS) is 1. The first-order chi connectivity index (χ1) is 19.0. The highest BCUT2D eigenvalue weighted by atomic mass is 35.5. The van der Waals surface area contributed by atoms with Gasteiger partial charge in [0.2, 0.25) is 5.79 Å². The summed E-state index contributed by atoms with van der Waals surface area (Å²) in [6.45, 7) is 4.45. The third-order valence-electron chi connectivity index (χ3n) is 6.67. The van der Waals surface area contributed by atoms with Crippen molar-refractivity contribution >= 4 is 50.5 Å². The number of carbonyl (C=O) groups is 1. The molecule has 3 aromatic carbocycles. The molecule has 1 saturated heterocycles. The molecule has 0 amide bonds. The normalized spacial score (nSPS) is 16.8. The largest absolute Gasteiger partial charge is 0.478 e. The Morgan fingerprint density at radius 2 is 1.70 bits per heavy atom. The van der Waals surface area contributed by atoms with Crippen LogP contribution in [0, 0.1) is 5.41 Å². The van der Waals surface area contributed by atoms with Gasteiger partial charge in [-0.25, -0.2) is 18.2 Å². The van der Waals surface area contributed by atoms with Crippen LogP contribution in [0.5, 0.6) is 0 Å². The molecule has 0 radical (unpaired) electrons. The molecule has 9 heteroatoms. The molecule has 0 bridgehead atoms. The smallest absolute Gasteiger partial charge is 0.337 e. The van der Waals surface area contributed by atoms with Crippen LogP contribution in [-0.2, 0) is 25.1 Å². The number of aromatic nitrogens is 1. The molecule has 1 aliphatic heterocycles. The number of hydrogen-bond donors (Lipinski definition) is 1. The van der Waals surface area contributed by atoms with Crippen LogP contribution >= 0.6 is 11.6 Å². The van der Waals surface area contributed by atoms with Gasteiger partial charge in [0.1, 0.15) is 5.75 Å². The summed E-state index contributed by atoms with van der Waals surface area (Å²) >= 11 is 6.12. The molecule has 206 valence electrons. The Hall–Kier alpha value is -3.56. The van der Waals surface area contributed by atoms with Gasteiger partial charge >= 0.3 is 5.97 Å². The average molecular weight is 578 g/mol. The summed E-state index contributed by atoms with van der Waals surface area (Å²) < 4.78 is 39.7. The van der Waals surface area contributed by atoms with Crippen LogP contribution in [0.15, 0.2) is 83.8 Å². The molecule has 0 unspecified atom stereocenters. The predicted molar refractivity (Wildman–Crippen MR) is 155 cm³/mol. The highest BCUT2D eigenvalue weighted by molar-refractivity contribution is 7.91. The van der Waals surface area contributed by atoms with Crippen molar-refractivity contribution in [2.75, 3.05) is 19.0 Å². The third-order valence-corrected chi connectivity index (χ3v) is 8.69. The third kappa shape index (κ3) is 5.95. The molecule has 2 heterocycles. The van der Waals surface area contributed by atoms with E-state index >= 15 is 0 Å². The molecule has 4 aromatic rings. The van der Waals surface area contributed by atoms with Gasteiger partial charge in [0.25, 0.3) is 0 Å². The van der Waals surface area contributed by atoms with E-state index in [-0.39, 0.29) is 29.1 Å². The first kappa shape index (κ1) is 28.0. The van der Waals surface area contributed by atoms with Gasteiger partial charge in [-0.05, 0) is 48.0 Å². The van der Waals surface area contributed by atoms with Gasteiger partial charge < -0.3 is 14.6 Å². The Morgan fingerprint density at radius 1 is 0.975 bits per heavy atom. The second kappa shape index (κ2) is 10.8. The number of benzene rings is 3. The fourth-order valence-corrected chi connectivity index (χ4v) is 6.47. The number of aromatic carboxylic acids is 1. The molecule has 0 atom stereocenters. The molecule has 0 saturated carbocycles. The summed E-state index contributed by atoms with van der Waals surface area (Å²) in [5.41, 5.74) is 2.18. The van der Waals surface area contributed by atoms with Crippen molar-refractivity contribution in [3.8, 4) is 0 Å². The van der Waals surface area contributed by atoms with Gasteiger partial charge in [-0.1, -0.05) is 74.0 Å². The standard InChI is InChI=1S/C31H28ClNO6S/c1-30(2)18-38-31(39-19-30,20-40(36,37)28-9-4-3-8-26(28)29(34)35)23-7-5-6-21(16-23)10-14-25-15-12-22-11-13-24(32)17-27(22)33-25/h3-17H,18-20H2,1-2H3,(H,34,35)/b14-10+. The zero-order valence-electron chi connectivity index (χ0n) is 22.0. The van der Waals surface area contributed by atoms with Crippen molar-refractivity contribution in [1.29, 1.82) is 0 Å². The van der Waals surface area contributed by atoms with E-state index < -0.39 is 27.3 Å². The lowest BCUT2D eigenvalue weighted by Crippen LogP contribution is -2.49. The lowest BCUT2D eigenvalue weighted by Gasteiger charge is -2.43. The van der Waals surface area contributed by atoms with E-state index in [1.54, 1.807) is 18.2 Å². The summed E-state index contributed by atoms with van der Waals surface area (Å²) in [4.78, 5) is 16.1. The van der Waals surface area contributed by atoms with Crippen molar-refractivity contribution in [3.63, 3.8) is 0 Å². The van der Waals surface area contributed by atoms with Gasteiger partial charge in [-0.15, -0.1) is 0 Å². The minimum absolute atomic E-state index is 0.257. The summed E-state index contributed by atoms with van der Waals surface area (Å²) in [7, 11) is -4.14. The van der Waals surface area contributed by atoms with E-state index in [2.05, 4.69) is 4.98 Å². The molecule has 0 aliphatic carbocycles. The van der Waals surface area contributed by atoms with Gasteiger partial charge in [0, 0.05) is 21.4 Å². The van der Waals surface area contributed by atoms with Crippen LogP contribution in [0.4, 0.5) is 0 Å². The SMILES string of the molecule is CC1(C)COC(CS(=O)(=O)c2ccccc2C(=O)O)(c2cccc(/C=C/c3ccc4ccc(Cl)cc4n3)c2)OC1. The summed E-state index contributed by atoms with van der Waals surface area (Å²) in [5.74, 6) is -3.53. The topological polar surface area (TPSA) is 103 Å². The number of fused-ring (bicyclic) bond motifs is 1. The van der Waals surface area contributed by atoms with Crippen LogP contribution in [0.3, 0.4) is 0 Å². The van der Waals surface area contributed by atoms with Crippen LogP contribution in [0.2, 0.25) is 5.02 Å². The number of hydrogen-bond acceptors (Lipinski definition) is 6. The minimum atomic E-state index is -4.14. The van der Waals surface area contributed by atoms with Crippen molar-refractivity contribution < 1.29 is 27.8 Å². The van der Waals surface area contributed by atoms with Crippen molar-refractivity contribution in [3.05, 3.63) is 106 Å². The molecule has 0 spiro atoms. The fraction of sp³-hybridized carbons (Fsp3) is 0.226. The van der Waals surface area contributed by atoms with E-state index in [0.29, 0.717) is 10.6 Å². The number of carboxylic acids is 1. The zero-order valence-corrected chi connectivity index (χ0v) is 23.6. The first-order valence-electron chi connectivity index (χ1n) is 12.6. The van der Waals surface area contributed by atoms with Crippen LogP contribution < -0.4 is 0 Å². The van der Waals surface area contributed by atoms with Crippen molar-refractivity contribution in [2.24, 2.45) is 5.41 Å². The van der Waals surface area contributed by atoms with Crippen molar-refractivity contribution in [1.82, 2.24) is 4.98 Å². The Bertz CT molecular complexity index is 1720. The number of sulfone groups is 1. The first-order valence-corrected chi connectivity index (χ1v) is 14.7. The van der Waals surface area contributed by atoms with Gasteiger partial charge in [0.05, 0.1) is 34.9 Å². The monoisotopic (exact) mass is 577 g/mol. The Labute approximate surface area is 238 Å². The minimum Gasteiger partial charge on any atom is -0.478 e. The lowest BCUT2D eigenvalue weighted by atomic mass is 9.93. The number of ether oxygens (including phenoxy) is 2. The van der Waals surface area contributed by atoms with E-state index in [0.717, 1.165) is 22.2 Å². The van der Waals surface area contributed by atoms with Gasteiger partial charge in [-0.2, -0.15) is 0 Å². The summed E-state index contributed by atoms with van der Waals surface area (Å²) in [6.07, 6.45) is 3.73. The quantitative estimate of drug-likeness (QED) is 0.269. The zero-order chi connectivity index (χ0) is 28.5. The predicted octanol–water partition coefficient (Wildman–Crippen LogP) is 6.46. The molecule has 1 N–H and O–H groups in total. The van der Waals surface area contributed by atoms with E-state index in [9.17, 15) is 18.3 Å². The van der Waals surface area contributed by atoms with E-state index in [1.165, 1.54) is 24.3 Å². The van der Waals surface area contributed by atoms with Crippen molar-refractivity contribution in [2.45, 2.75) is 24.5 Å². The second-order valence-electron chi connectivity index (χ2n) is 10.6. The maximum atomic E-state index is 13.6. The average Bonchev–Trinajstić information content (AvgIpc) is 2.93. The maximum absolute atomic E-state index is 13.6. The Balaban J connectivity index is 1.50. The highest BCUT2D eigenvalue weighted by Gasteiger charge is 2.46. The van der Waals surface area contributed by atoms with Crippen LogP contribution in [-0.4, -0.2) is 43.4 Å². The Kier molecular flexibility index (Phi) is 7.54. The molecule has 1 aromatic heterocycles. The molecule has 5 rings (SSSR count). The molecule has 7 nitrogen and oxygen atoms in total. The maximum Gasteiger partial charge on any atom is 0.337 e. The fourth-order valence-electron chi connectivity index (χ4n) is 4.54. The molecular weight excluding hydrogens is 550 g/mol. The van der Waals surface area contributed by atoms with Gasteiger partial charge in [-0.3, -0.25) is 0 Å². The molecular formula is C31H28ClNO6S. The molecule has 40 heavy (non-hydrogen) atoms. The number of halogens is 1. The van der Waals surface area contributed by atoms with Crippen LogP contribution in [0.1, 0.15) is 41.0 Å².